The molecule has 7 nitrogen and oxygen atoms in total. The highest BCUT2D eigenvalue weighted by Gasteiger charge is 2.38. The van der Waals surface area contributed by atoms with Gasteiger partial charge in [0.1, 0.15) is 17.8 Å². The summed E-state index contributed by atoms with van der Waals surface area (Å²) in [6.45, 7) is 1.76. The number of ether oxygens (including phenoxy) is 2. The van der Waals surface area contributed by atoms with E-state index in [1.54, 1.807) is 17.9 Å². The second-order valence-electron chi connectivity index (χ2n) is 6.00. The van der Waals surface area contributed by atoms with Gasteiger partial charge in [0.05, 0.1) is 7.11 Å². The SMILES string of the molecule is COC(=O)C(CCO)N1CCN(c2cccc(OC(F)(F)F)c2)C(C)C1=O. The summed E-state index contributed by atoms with van der Waals surface area (Å²) < 4.78 is 45.9. The number of anilines is 1. The third kappa shape index (κ3) is 5.03. The molecular formula is C17H21F3N2O5. The van der Waals surface area contributed by atoms with Gasteiger partial charge < -0.3 is 24.4 Å². The van der Waals surface area contributed by atoms with Crippen molar-refractivity contribution >= 4 is 17.6 Å². The molecule has 2 unspecified atom stereocenters. The highest BCUT2D eigenvalue weighted by molar-refractivity contribution is 5.90. The Hall–Kier alpha value is -2.49. The Balaban J connectivity index is 2.19. The number of amides is 1. The van der Waals surface area contributed by atoms with E-state index in [4.69, 9.17) is 9.84 Å². The maximum atomic E-state index is 12.7. The van der Waals surface area contributed by atoms with Crippen LogP contribution < -0.4 is 9.64 Å². The zero-order chi connectivity index (χ0) is 20.2. The summed E-state index contributed by atoms with van der Waals surface area (Å²) in [4.78, 5) is 27.6. The maximum absolute atomic E-state index is 12.7. The number of rotatable bonds is 6. The van der Waals surface area contributed by atoms with E-state index in [-0.39, 0.29) is 31.2 Å². The number of hydrogen-bond acceptors (Lipinski definition) is 6. The van der Waals surface area contributed by atoms with E-state index in [9.17, 15) is 22.8 Å². The Kier molecular flexibility index (Phi) is 6.53. The second kappa shape index (κ2) is 8.47. The molecule has 1 saturated heterocycles. The third-order valence-corrected chi connectivity index (χ3v) is 4.32. The number of aliphatic hydroxyl groups excluding tert-OH is 1. The van der Waals surface area contributed by atoms with Crippen molar-refractivity contribution < 1.29 is 37.3 Å². The van der Waals surface area contributed by atoms with Gasteiger partial charge in [-0.25, -0.2) is 4.79 Å². The van der Waals surface area contributed by atoms with Crippen LogP contribution >= 0.6 is 0 Å². The molecule has 0 aliphatic carbocycles. The predicted octanol–water partition coefficient (Wildman–Crippen LogP) is 1.55. The van der Waals surface area contributed by atoms with Crippen molar-refractivity contribution in [3.05, 3.63) is 24.3 Å². The molecule has 1 aliphatic rings. The minimum Gasteiger partial charge on any atom is -0.467 e. The van der Waals surface area contributed by atoms with Crippen molar-refractivity contribution in [2.45, 2.75) is 31.8 Å². The first-order valence-corrected chi connectivity index (χ1v) is 8.29. The molecule has 1 fully saturated rings. The number of benzene rings is 1. The summed E-state index contributed by atoms with van der Waals surface area (Å²) in [5, 5.41) is 9.16. The minimum absolute atomic E-state index is 0.0417. The van der Waals surface area contributed by atoms with E-state index in [2.05, 4.69) is 4.74 Å². The fraction of sp³-hybridized carbons (Fsp3) is 0.529. The quantitative estimate of drug-likeness (QED) is 0.743. The van der Waals surface area contributed by atoms with E-state index >= 15 is 0 Å². The molecule has 10 heteroatoms. The lowest BCUT2D eigenvalue weighted by Gasteiger charge is -2.42. The van der Waals surface area contributed by atoms with Gasteiger partial charge in [-0.2, -0.15) is 0 Å². The largest absolute Gasteiger partial charge is 0.573 e. The number of carbonyl (C=O) groups is 2. The summed E-state index contributed by atoms with van der Waals surface area (Å²) in [6.07, 6.45) is -4.77. The summed E-state index contributed by atoms with van der Waals surface area (Å²) >= 11 is 0. The lowest BCUT2D eigenvalue weighted by atomic mass is 10.1. The van der Waals surface area contributed by atoms with E-state index in [0.717, 1.165) is 0 Å². The van der Waals surface area contributed by atoms with Crippen LogP contribution in [0.1, 0.15) is 13.3 Å². The average molecular weight is 390 g/mol. The van der Waals surface area contributed by atoms with Crippen LogP contribution in [0.15, 0.2) is 24.3 Å². The number of carbonyl (C=O) groups excluding carboxylic acids is 2. The second-order valence-corrected chi connectivity index (χ2v) is 6.00. The molecule has 0 radical (unpaired) electrons. The van der Waals surface area contributed by atoms with Gasteiger partial charge >= 0.3 is 12.3 Å². The molecule has 0 aromatic heterocycles. The zero-order valence-electron chi connectivity index (χ0n) is 14.9. The van der Waals surface area contributed by atoms with Crippen molar-refractivity contribution in [3.8, 4) is 5.75 Å². The van der Waals surface area contributed by atoms with Gasteiger partial charge in [0.15, 0.2) is 0 Å². The number of methoxy groups -OCH3 is 1. The smallest absolute Gasteiger partial charge is 0.467 e. The van der Waals surface area contributed by atoms with Gasteiger partial charge in [-0.1, -0.05) is 6.07 Å². The molecule has 1 aromatic rings. The molecule has 1 aliphatic heterocycles. The lowest BCUT2D eigenvalue weighted by molar-refractivity contribution is -0.274. The van der Waals surface area contributed by atoms with Crippen LogP contribution in [-0.2, 0) is 14.3 Å². The van der Waals surface area contributed by atoms with Crippen molar-refractivity contribution in [2.75, 3.05) is 31.7 Å². The number of piperazine rings is 1. The standard InChI is InChI=1S/C17H21F3N2O5/c1-11-15(24)22(14(6-9-23)16(25)26-2)8-7-21(11)12-4-3-5-13(10-12)27-17(18,19)20/h3-5,10-11,14,23H,6-9H2,1-2H3. The first-order chi connectivity index (χ1) is 12.7. The van der Waals surface area contributed by atoms with Crippen molar-refractivity contribution in [2.24, 2.45) is 0 Å². The van der Waals surface area contributed by atoms with E-state index in [1.165, 1.54) is 30.2 Å². The average Bonchev–Trinajstić information content (AvgIpc) is 2.60. The van der Waals surface area contributed by atoms with Crippen LogP contribution in [0.4, 0.5) is 18.9 Å². The molecule has 2 atom stereocenters. The highest BCUT2D eigenvalue weighted by atomic mass is 19.4. The molecular weight excluding hydrogens is 369 g/mol. The first-order valence-electron chi connectivity index (χ1n) is 8.29. The fourth-order valence-electron chi connectivity index (χ4n) is 3.07. The first kappa shape index (κ1) is 20.8. The van der Waals surface area contributed by atoms with Crippen molar-refractivity contribution in [1.82, 2.24) is 4.90 Å². The van der Waals surface area contributed by atoms with Gasteiger partial charge in [0.25, 0.3) is 0 Å². The summed E-state index contributed by atoms with van der Waals surface area (Å²) in [6, 6.07) is 3.74. The monoisotopic (exact) mass is 390 g/mol. The number of alkyl halides is 3. The lowest BCUT2D eigenvalue weighted by Crippen LogP contribution is -2.60. The fourth-order valence-corrected chi connectivity index (χ4v) is 3.07. The molecule has 2 rings (SSSR count). The van der Waals surface area contributed by atoms with Crippen LogP contribution in [0.5, 0.6) is 5.75 Å². The topological polar surface area (TPSA) is 79.3 Å². The summed E-state index contributed by atoms with van der Waals surface area (Å²) in [5.74, 6) is -1.39. The normalized spacial score (nSPS) is 19.0. The minimum atomic E-state index is -4.81. The Morgan fingerprint density at radius 3 is 2.67 bits per heavy atom. The van der Waals surface area contributed by atoms with Gasteiger partial charge in [-0.05, 0) is 19.1 Å². The number of halogens is 3. The van der Waals surface area contributed by atoms with E-state index in [1.807, 2.05) is 0 Å². The number of nitrogens with zero attached hydrogens (tertiary/aromatic N) is 2. The molecule has 1 amide bonds. The Bertz CT molecular complexity index is 683. The van der Waals surface area contributed by atoms with E-state index < -0.39 is 24.4 Å². The van der Waals surface area contributed by atoms with Crippen LogP contribution in [0.3, 0.4) is 0 Å². The molecule has 27 heavy (non-hydrogen) atoms. The zero-order valence-corrected chi connectivity index (χ0v) is 14.9. The van der Waals surface area contributed by atoms with Crippen LogP contribution in [0.2, 0.25) is 0 Å². The molecule has 150 valence electrons. The molecule has 1 aromatic carbocycles. The molecule has 0 bridgehead atoms. The van der Waals surface area contributed by atoms with Crippen LogP contribution in [0.25, 0.3) is 0 Å². The van der Waals surface area contributed by atoms with Gasteiger partial charge in [0.2, 0.25) is 5.91 Å². The Morgan fingerprint density at radius 2 is 2.07 bits per heavy atom. The van der Waals surface area contributed by atoms with Gasteiger partial charge in [0, 0.05) is 37.9 Å². The summed E-state index contributed by atoms with van der Waals surface area (Å²) in [7, 11) is 1.20. The predicted molar refractivity (Wildman–Crippen MR) is 89.2 cm³/mol. The highest BCUT2D eigenvalue weighted by Crippen LogP contribution is 2.29. The maximum Gasteiger partial charge on any atom is 0.573 e. The van der Waals surface area contributed by atoms with Crippen molar-refractivity contribution in [3.63, 3.8) is 0 Å². The Morgan fingerprint density at radius 1 is 1.37 bits per heavy atom. The summed E-state index contributed by atoms with van der Waals surface area (Å²) in [5.41, 5.74) is 0.397. The number of aliphatic hydroxyl groups is 1. The van der Waals surface area contributed by atoms with Crippen molar-refractivity contribution in [1.29, 1.82) is 0 Å². The van der Waals surface area contributed by atoms with Crippen LogP contribution in [0, 0.1) is 0 Å². The third-order valence-electron chi connectivity index (χ3n) is 4.32. The number of hydrogen-bond donors (Lipinski definition) is 1. The van der Waals surface area contributed by atoms with E-state index in [0.29, 0.717) is 12.2 Å². The molecule has 0 spiro atoms. The van der Waals surface area contributed by atoms with Gasteiger partial charge in [-0.15, -0.1) is 13.2 Å². The molecule has 1 N–H and O–H groups in total. The number of esters is 1. The van der Waals surface area contributed by atoms with Gasteiger partial charge in [-0.3, -0.25) is 4.79 Å². The Labute approximate surface area is 154 Å². The van der Waals surface area contributed by atoms with Crippen LogP contribution in [-0.4, -0.2) is 67.1 Å². The molecule has 0 saturated carbocycles. The molecule has 1 heterocycles.